The molecule has 68 heavy (non-hydrogen) atoms. The zero-order valence-corrected chi connectivity index (χ0v) is 47.6. The van der Waals surface area contributed by atoms with Gasteiger partial charge in [0, 0.05) is 9.79 Å². The van der Waals surface area contributed by atoms with Crippen molar-refractivity contribution in [3.63, 3.8) is 0 Å². The van der Waals surface area contributed by atoms with Gasteiger partial charge in [-0.25, -0.2) is 0 Å². The highest BCUT2D eigenvalue weighted by Crippen LogP contribution is 2.63. The fourth-order valence-electron chi connectivity index (χ4n) is 6.43. The van der Waals surface area contributed by atoms with Crippen molar-refractivity contribution in [2.45, 2.75) is 266 Å². The quantitative estimate of drug-likeness (QED) is 0.0871. The largest absolute Gasteiger partial charge is 0.374 e. The molecule has 0 aliphatic carbocycles. The lowest BCUT2D eigenvalue weighted by Crippen LogP contribution is -2.16. The van der Waals surface area contributed by atoms with Crippen LogP contribution in [-0.2, 0) is 84.3 Å². The van der Waals surface area contributed by atoms with Gasteiger partial charge in [0.1, 0.15) is 0 Å². The number of ether oxygens (including phenoxy) is 6. The van der Waals surface area contributed by atoms with Crippen LogP contribution in [0.1, 0.15) is 209 Å². The smallest absolute Gasteiger partial charge is 0.238 e. The van der Waals surface area contributed by atoms with Crippen molar-refractivity contribution in [3.8, 4) is 0 Å². The molecule has 0 saturated carbocycles. The van der Waals surface area contributed by atoms with Gasteiger partial charge in [-0.05, 0) is 149 Å². The van der Waals surface area contributed by atoms with Gasteiger partial charge in [0.05, 0.1) is 81.2 Å². The molecule has 0 aliphatic rings. The summed E-state index contributed by atoms with van der Waals surface area (Å²) in [5, 5.41) is 0. The molecule has 392 valence electrons. The van der Waals surface area contributed by atoms with Crippen LogP contribution >= 0.6 is 32.8 Å². The third-order valence-corrected chi connectivity index (χ3v) is 14.4. The number of benzene rings is 3. The van der Waals surface area contributed by atoms with Crippen molar-refractivity contribution < 1.29 is 40.1 Å². The van der Waals surface area contributed by atoms with Gasteiger partial charge < -0.3 is 28.4 Å². The van der Waals surface area contributed by atoms with Crippen LogP contribution in [0.4, 0.5) is 11.7 Å². The lowest BCUT2D eigenvalue weighted by atomic mass is 9.85. The highest BCUT2D eigenvalue weighted by molar-refractivity contribution is 8.76. The Kier molecular flexibility index (Phi) is 26.9. The molecule has 0 amide bonds. The maximum absolute atomic E-state index is 13.8. The first kappa shape index (κ1) is 64.3. The third kappa shape index (κ3) is 22.4. The average molecular weight is 1020 g/mol. The van der Waals surface area contributed by atoms with Crippen LogP contribution in [0.5, 0.6) is 0 Å². The lowest BCUT2D eigenvalue weighted by Gasteiger charge is -2.26. The molecule has 0 heterocycles. The van der Waals surface area contributed by atoms with E-state index in [1.807, 2.05) is 48.5 Å². The van der Waals surface area contributed by atoms with E-state index in [-0.39, 0.29) is 84.6 Å². The number of hydrogen-bond donors (Lipinski definition) is 0. The summed E-state index contributed by atoms with van der Waals surface area (Å²) in [6.45, 7) is 46.0. The van der Waals surface area contributed by atoms with Crippen molar-refractivity contribution in [2.75, 3.05) is 0 Å². The topological polar surface area (TPSA) is 55.4 Å². The van der Waals surface area contributed by atoms with E-state index in [2.05, 4.69) is 121 Å². The Hall–Kier alpha value is -1.74. The molecule has 12 heteroatoms. The zero-order chi connectivity index (χ0) is 51.2. The Morgan fingerprint density at radius 2 is 0.632 bits per heavy atom. The van der Waals surface area contributed by atoms with E-state index in [9.17, 15) is 11.7 Å². The van der Waals surface area contributed by atoms with Crippen LogP contribution in [0, 0.1) is 0 Å². The van der Waals surface area contributed by atoms with E-state index in [0.29, 0.717) is 26.4 Å². The minimum Gasteiger partial charge on any atom is -0.374 e. The maximum atomic E-state index is 13.8. The summed E-state index contributed by atoms with van der Waals surface area (Å²) in [4.78, 5) is 1.91. The number of halogens is 3. The Labute approximate surface area is 423 Å². The predicted molar refractivity (Wildman–Crippen MR) is 287 cm³/mol. The van der Waals surface area contributed by atoms with Gasteiger partial charge in [-0.3, -0.25) is 0 Å². The van der Waals surface area contributed by atoms with Crippen molar-refractivity contribution in [1.29, 1.82) is 0 Å². The van der Waals surface area contributed by atoms with Gasteiger partial charge in [-0.1, -0.05) is 135 Å². The van der Waals surface area contributed by atoms with Crippen LogP contribution in [-0.4, -0.2) is 36.6 Å². The molecule has 0 N–H and O–H groups in total. The van der Waals surface area contributed by atoms with Crippen LogP contribution in [0.2, 0.25) is 0 Å². The maximum Gasteiger partial charge on any atom is 0.238 e. The Bertz CT molecular complexity index is 1800. The summed E-state index contributed by atoms with van der Waals surface area (Å²) in [5.74, 6) is 0. The standard InChI is InChI=1S/C36H58O4S2.C19H31F3O2S.CH4/c1-23(2)37-19-27-15-31(35(9,10)11)16-28(20-38-24(3)4)33(27)41-42-34-29(21-39-25(5)6)17-32(36(12,13)14)18-30(34)22-40-26(7)8;1-8-14(4)24-12-16-10-17(19(5,6)7)9-15(11-23-13(2)3)18(16)25(20,21)22;/h15-18,23-26H,19-22H2,1-14H3;9-10,13-14H,8,11-12H2,1-7H3;1H4. The first-order valence-corrected chi connectivity index (χ1v) is 27.7. The normalized spacial score (nSPS) is 13.4. The molecule has 1 unspecified atom stereocenters. The van der Waals surface area contributed by atoms with E-state index in [0.717, 1.165) is 12.0 Å². The van der Waals surface area contributed by atoms with E-state index in [1.165, 1.54) is 43.2 Å². The molecular formula is C56H93F3O6S3. The number of rotatable bonds is 23. The van der Waals surface area contributed by atoms with E-state index < -0.39 is 16.1 Å². The second-order valence-corrected chi connectivity index (χ2v) is 25.4. The summed E-state index contributed by atoms with van der Waals surface area (Å²) < 4.78 is 77.4. The molecule has 6 nitrogen and oxygen atoms in total. The second kappa shape index (κ2) is 28.5. The highest BCUT2D eigenvalue weighted by atomic mass is 33.1. The molecule has 0 fully saturated rings. The Balaban J connectivity index is 0.000000760. The molecule has 3 aromatic carbocycles. The predicted octanol–water partition coefficient (Wildman–Crippen LogP) is 18.5. The first-order valence-electron chi connectivity index (χ1n) is 24.2. The molecule has 0 bridgehead atoms. The first-order chi connectivity index (χ1) is 30.7. The summed E-state index contributed by atoms with van der Waals surface area (Å²) in [6, 6.07) is 12.6. The highest BCUT2D eigenvalue weighted by Gasteiger charge is 2.33. The second-order valence-electron chi connectivity index (χ2n) is 22.0. The Morgan fingerprint density at radius 3 is 0.838 bits per heavy atom. The fourth-order valence-corrected chi connectivity index (χ4v) is 10.1. The van der Waals surface area contributed by atoms with Crippen LogP contribution < -0.4 is 0 Å². The van der Waals surface area contributed by atoms with E-state index in [1.54, 1.807) is 33.7 Å². The third-order valence-electron chi connectivity index (χ3n) is 10.7. The molecule has 0 aromatic heterocycles. The molecule has 0 aliphatic heterocycles. The fraction of sp³-hybridized carbons (Fsp3) is 0.679. The summed E-state index contributed by atoms with van der Waals surface area (Å²) >= 11 is -5.39. The molecule has 0 saturated heterocycles. The summed E-state index contributed by atoms with van der Waals surface area (Å²) in [5.41, 5.74) is 8.52. The van der Waals surface area contributed by atoms with Crippen LogP contribution in [0.25, 0.3) is 0 Å². The molecular weight excluding hydrogens is 922 g/mol. The monoisotopic (exact) mass is 1010 g/mol. The van der Waals surface area contributed by atoms with E-state index in [4.69, 9.17) is 28.4 Å². The van der Waals surface area contributed by atoms with Crippen molar-refractivity contribution >= 4 is 32.8 Å². The number of hydrogen-bond acceptors (Lipinski definition) is 8. The van der Waals surface area contributed by atoms with Gasteiger partial charge in [-0.2, -0.15) is 0 Å². The van der Waals surface area contributed by atoms with Crippen LogP contribution in [0.3, 0.4) is 0 Å². The molecule has 0 spiro atoms. The average Bonchev–Trinajstić information content (AvgIpc) is 3.19. The molecule has 0 radical (unpaired) electrons. The van der Waals surface area contributed by atoms with Gasteiger partial charge in [0.2, 0.25) is 11.2 Å². The van der Waals surface area contributed by atoms with Gasteiger partial charge >= 0.3 is 0 Å². The minimum absolute atomic E-state index is 0. The van der Waals surface area contributed by atoms with Gasteiger partial charge in [0.15, 0.2) is 0 Å². The van der Waals surface area contributed by atoms with Gasteiger partial charge in [-0.15, -0.1) is 11.7 Å². The molecule has 1 atom stereocenters. The Morgan fingerprint density at radius 1 is 0.412 bits per heavy atom. The molecule has 3 rings (SSSR count). The van der Waals surface area contributed by atoms with Gasteiger partial charge in [0.25, 0.3) is 0 Å². The van der Waals surface area contributed by atoms with Crippen molar-refractivity contribution in [2.24, 2.45) is 0 Å². The van der Waals surface area contributed by atoms with Crippen molar-refractivity contribution in [3.05, 3.63) is 86.5 Å². The molecule has 3 aromatic rings. The zero-order valence-electron chi connectivity index (χ0n) is 45.2. The summed E-state index contributed by atoms with van der Waals surface area (Å²) in [7, 11) is 3.61. The SMILES string of the molecule is C.CC(C)OCc1cc(C(C)(C)C)cc(COC(C)C)c1SSc1c(COC(C)C)cc(C(C)(C)C)cc1COC(C)C.CCC(C)OCc1cc(C(C)(C)C)cc(COC(C)C)c1S(F)(F)F. The minimum atomic E-state index is -5.39. The van der Waals surface area contributed by atoms with Crippen molar-refractivity contribution in [1.82, 2.24) is 0 Å². The van der Waals surface area contributed by atoms with Crippen LogP contribution in [0.15, 0.2) is 51.1 Å². The summed E-state index contributed by atoms with van der Waals surface area (Å²) in [6.07, 6.45) is 1.14. The lowest BCUT2D eigenvalue weighted by molar-refractivity contribution is 0.0482. The van der Waals surface area contributed by atoms with E-state index >= 15 is 0 Å².